The van der Waals surface area contributed by atoms with Gasteiger partial charge in [-0.05, 0) is 60.0 Å². The first-order chi connectivity index (χ1) is 16.2. The molecule has 0 fully saturated rings. The number of esters is 1. The smallest absolute Gasteiger partial charge is 0.321 e. The predicted octanol–water partition coefficient (Wildman–Crippen LogP) is 4.31. The molecule has 1 atom stereocenters. The summed E-state index contributed by atoms with van der Waals surface area (Å²) in [6.45, 7) is 3.96. The Morgan fingerprint density at radius 1 is 1.06 bits per heavy atom. The van der Waals surface area contributed by atoms with Crippen LogP contribution in [0.5, 0.6) is 0 Å². The third-order valence-corrected chi connectivity index (χ3v) is 7.91. The van der Waals surface area contributed by atoms with E-state index in [-0.39, 0.29) is 10.9 Å². The summed E-state index contributed by atoms with van der Waals surface area (Å²) in [4.78, 5) is 25.3. The van der Waals surface area contributed by atoms with E-state index in [0.717, 1.165) is 46.8 Å². The summed E-state index contributed by atoms with van der Waals surface area (Å²) in [5, 5.41) is 3.35. The largest absolute Gasteiger partial charge is 0.468 e. The Labute approximate surface area is 198 Å². The van der Waals surface area contributed by atoms with Crippen molar-refractivity contribution in [2.24, 2.45) is 7.05 Å². The highest BCUT2D eigenvalue weighted by Crippen LogP contribution is 2.35. The van der Waals surface area contributed by atoms with Crippen molar-refractivity contribution in [1.82, 2.24) is 4.57 Å². The predicted molar refractivity (Wildman–Crippen MR) is 133 cm³/mol. The van der Waals surface area contributed by atoms with Gasteiger partial charge >= 0.3 is 5.97 Å². The van der Waals surface area contributed by atoms with Crippen LogP contribution in [-0.4, -0.2) is 38.2 Å². The molecule has 7 nitrogen and oxygen atoms in total. The van der Waals surface area contributed by atoms with E-state index >= 15 is 0 Å². The maximum atomic E-state index is 12.4. The number of fused-ring (bicyclic) bond motifs is 3. The average molecular weight is 479 g/mol. The van der Waals surface area contributed by atoms with Crippen LogP contribution in [0.25, 0.3) is 21.7 Å². The maximum absolute atomic E-state index is 12.4. The molecular weight excluding hydrogens is 452 g/mol. The van der Waals surface area contributed by atoms with Gasteiger partial charge < -0.3 is 9.30 Å². The molecule has 0 N–H and O–H groups in total. The number of amides is 1. The number of carbonyl (C=O) groups excluding carboxylic acids is 2. The lowest BCUT2D eigenvalue weighted by atomic mass is 10.0. The highest BCUT2D eigenvalue weighted by Gasteiger charge is 2.23. The van der Waals surface area contributed by atoms with Gasteiger partial charge in [0.05, 0.1) is 23.6 Å². The number of aromatic nitrogens is 1. The molecule has 0 bridgehead atoms. The van der Waals surface area contributed by atoms with Gasteiger partial charge in [-0.2, -0.15) is 0 Å². The monoisotopic (exact) mass is 478 g/mol. The molecule has 0 saturated carbocycles. The summed E-state index contributed by atoms with van der Waals surface area (Å²) < 4.78 is 31.3. The van der Waals surface area contributed by atoms with Crippen LogP contribution in [-0.2, 0) is 31.2 Å². The van der Waals surface area contributed by atoms with Crippen LogP contribution in [0.1, 0.15) is 24.1 Å². The molecule has 4 rings (SSSR count). The van der Waals surface area contributed by atoms with Gasteiger partial charge in [0.1, 0.15) is 5.82 Å². The second-order valence-electron chi connectivity index (χ2n) is 8.33. The Balaban J connectivity index is 1.71. The molecule has 1 amide bonds. The molecule has 0 unspecified atom stereocenters. The maximum Gasteiger partial charge on any atom is 0.321 e. The van der Waals surface area contributed by atoms with E-state index in [4.69, 9.17) is 0 Å². The second-order valence-corrected chi connectivity index (χ2v) is 10.3. The molecule has 8 heteroatoms. The lowest BCUT2D eigenvalue weighted by molar-refractivity contribution is -0.137. The number of rotatable bonds is 7. The van der Waals surface area contributed by atoms with Crippen LogP contribution in [0.3, 0.4) is 0 Å². The first kappa shape index (κ1) is 23.5. The fraction of sp³-hybridized carbons (Fsp3) is 0.231. The minimum Gasteiger partial charge on any atom is -0.468 e. The van der Waals surface area contributed by atoms with Gasteiger partial charge in [0.25, 0.3) is 0 Å². The number of hydrogen-bond acceptors (Lipinski definition) is 5. The van der Waals surface area contributed by atoms with Gasteiger partial charge in [0.15, 0.2) is 15.6 Å². The molecule has 1 heterocycles. The Kier molecular flexibility index (Phi) is 6.18. The molecule has 34 heavy (non-hydrogen) atoms. The van der Waals surface area contributed by atoms with E-state index in [1.165, 1.54) is 17.5 Å². The molecule has 4 aromatic rings. The van der Waals surface area contributed by atoms with Crippen molar-refractivity contribution >= 4 is 49.7 Å². The highest BCUT2D eigenvalue weighted by atomic mass is 32.2. The number of benzene rings is 3. The number of aryl methyl sites for hydroxylation is 2. The Bertz CT molecular complexity index is 1500. The fourth-order valence-electron chi connectivity index (χ4n) is 4.34. The van der Waals surface area contributed by atoms with E-state index < -0.39 is 21.6 Å². The van der Waals surface area contributed by atoms with Crippen molar-refractivity contribution in [2.45, 2.75) is 24.8 Å². The molecular formula is C26H26N2O5S. The van der Waals surface area contributed by atoms with Crippen molar-refractivity contribution in [2.75, 3.05) is 17.8 Å². The molecule has 0 aliphatic rings. The van der Waals surface area contributed by atoms with Gasteiger partial charge in [-0.1, -0.05) is 36.4 Å². The highest BCUT2D eigenvalue weighted by molar-refractivity contribution is 7.92. The summed E-state index contributed by atoms with van der Waals surface area (Å²) >= 11 is 0. The molecule has 1 aromatic heterocycles. The van der Waals surface area contributed by atoms with Crippen molar-refractivity contribution < 1.29 is 22.7 Å². The number of anilines is 1. The van der Waals surface area contributed by atoms with Crippen LogP contribution in [0.2, 0.25) is 0 Å². The van der Waals surface area contributed by atoms with Crippen molar-refractivity contribution in [1.29, 1.82) is 0 Å². The quantitative estimate of drug-likeness (QED) is 0.292. The minimum atomic E-state index is -3.80. The number of sulfone groups is 1. The van der Waals surface area contributed by atoms with Crippen molar-refractivity contribution in [3.63, 3.8) is 0 Å². The lowest BCUT2D eigenvalue weighted by Crippen LogP contribution is -2.27. The van der Waals surface area contributed by atoms with E-state index in [2.05, 4.69) is 29.9 Å². The molecule has 0 radical (unpaired) electrons. The van der Waals surface area contributed by atoms with Gasteiger partial charge in [-0.25, -0.2) is 8.42 Å². The third-order valence-electron chi connectivity index (χ3n) is 6.30. The topological polar surface area (TPSA) is 85.7 Å². The van der Waals surface area contributed by atoms with Gasteiger partial charge in [0.2, 0.25) is 6.41 Å². The molecule has 0 saturated heterocycles. The molecule has 0 aliphatic carbocycles. The van der Waals surface area contributed by atoms with Crippen LogP contribution >= 0.6 is 0 Å². The normalized spacial score (nSPS) is 12.6. The van der Waals surface area contributed by atoms with E-state index in [1.807, 2.05) is 36.7 Å². The SMILES string of the molecule is COC(=O)CS(=O)(=O)c1ccc([C@@H](C)N(C=O)c2cc3c4ccccc4c(C)cc3n2C)cc1. The summed E-state index contributed by atoms with van der Waals surface area (Å²) in [7, 11) is -0.728. The van der Waals surface area contributed by atoms with Crippen molar-refractivity contribution in [3.05, 3.63) is 71.8 Å². The second kappa shape index (κ2) is 8.95. The number of hydrogen-bond donors (Lipinski definition) is 0. The van der Waals surface area contributed by atoms with Gasteiger partial charge in [0, 0.05) is 12.4 Å². The zero-order valence-electron chi connectivity index (χ0n) is 19.5. The number of carbonyl (C=O) groups is 2. The van der Waals surface area contributed by atoms with E-state index in [9.17, 15) is 18.0 Å². The first-order valence-corrected chi connectivity index (χ1v) is 12.4. The zero-order valence-corrected chi connectivity index (χ0v) is 20.3. The average Bonchev–Trinajstić information content (AvgIpc) is 3.15. The first-order valence-electron chi connectivity index (χ1n) is 10.8. The summed E-state index contributed by atoms with van der Waals surface area (Å²) in [6.07, 6.45) is 0.788. The van der Waals surface area contributed by atoms with Gasteiger partial charge in [-0.15, -0.1) is 0 Å². The van der Waals surface area contributed by atoms with Crippen LogP contribution in [0.4, 0.5) is 5.82 Å². The molecule has 0 spiro atoms. The lowest BCUT2D eigenvalue weighted by Gasteiger charge is -2.26. The van der Waals surface area contributed by atoms with E-state index in [1.54, 1.807) is 17.0 Å². The van der Waals surface area contributed by atoms with Crippen LogP contribution in [0, 0.1) is 6.92 Å². The Hall–Kier alpha value is -3.65. The van der Waals surface area contributed by atoms with Gasteiger partial charge in [-0.3, -0.25) is 14.5 Å². The fourth-order valence-corrected chi connectivity index (χ4v) is 5.49. The molecule has 176 valence electrons. The Morgan fingerprint density at radius 2 is 1.71 bits per heavy atom. The zero-order chi connectivity index (χ0) is 24.6. The Morgan fingerprint density at radius 3 is 2.32 bits per heavy atom. The van der Waals surface area contributed by atoms with E-state index in [0.29, 0.717) is 0 Å². The number of methoxy groups -OCH3 is 1. The third kappa shape index (κ3) is 4.05. The summed E-state index contributed by atoms with van der Waals surface area (Å²) in [6, 6.07) is 18.2. The summed E-state index contributed by atoms with van der Waals surface area (Å²) in [5.74, 6) is -0.805. The molecule has 3 aromatic carbocycles. The van der Waals surface area contributed by atoms with Crippen LogP contribution < -0.4 is 4.90 Å². The minimum absolute atomic E-state index is 0.0260. The van der Waals surface area contributed by atoms with Crippen LogP contribution in [0.15, 0.2) is 65.6 Å². The number of nitrogens with zero attached hydrogens (tertiary/aromatic N) is 2. The van der Waals surface area contributed by atoms with Crippen molar-refractivity contribution in [3.8, 4) is 0 Å². The summed E-state index contributed by atoms with van der Waals surface area (Å²) in [5.41, 5.74) is 2.94. The molecule has 0 aliphatic heterocycles. The number of ether oxygens (including phenoxy) is 1. The standard InChI is InChI=1S/C26H26N2O5S/c1-17-13-24-23(22-8-6-5-7-21(17)22)14-25(27(24)3)28(16-29)18(2)19-9-11-20(12-10-19)34(31,32)15-26(30)33-4/h5-14,16,18H,15H2,1-4H3/t18-/m1/s1.